The van der Waals surface area contributed by atoms with Gasteiger partial charge in [-0.2, -0.15) is 12.6 Å². The average Bonchev–Trinajstić information content (AvgIpc) is 1.80. The van der Waals surface area contributed by atoms with Crippen molar-refractivity contribution < 1.29 is 12.9 Å². The summed E-state index contributed by atoms with van der Waals surface area (Å²) in [5.41, 5.74) is 0. The second-order valence-electron chi connectivity index (χ2n) is 1.46. The molecule has 0 aromatic heterocycles. The van der Waals surface area contributed by atoms with Crippen LogP contribution in [0.25, 0.3) is 0 Å². The largest absolute Gasteiger partial charge is 0.750 e. The van der Waals surface area contributed by atoms with Gasteiger partial charge in [0, 0.05) is 0 Å². The zero-order valence-electron chi connectivity index (χ0n) is 4.91. The van der Waals surface area contributed by atoms with Crippen molar-refractivity contribution in [3.05, 3.63) is 0 Å². The second kappa shape index (κ2) is 6.54. The summed E-state index contributed by atoms with van der Waals surface area (Å²) < 4.78 is 23.7. The molecule has 9 heavy (non-hydrogen) atoms. The van der Waals surface area contributed by atoms with E-state index in [-0.39, 0.29) is 6.61 Å². The van der Waals surface area contributed by atoms with E-state index in [2.05, 4.69) is 16.8 Å². The van der Waals surface area contributed by atoms with Crippen molar-refractivity contribution in [2.75, 3.05) is 12.4 Å². The minimum absolute atomic E-state index is 0.274. The van der Waals surface area contributed by atoms with Gasteiger partial charge in [-0.05, 0) is 18.6 Å². The van der Waals surface area contributed by atoms with E-state index in [4.69, 9.17) is 0 Å². The predicted octanol–water partition coefficient (Wildman–Crippen LogP) is 0.507. The minimum atomic E-state index is -2.34. The summed E-state index contributed by atoms with van der Waals surface area (Å²) in [6.45, 7) is 0.274. The van der Waals surface area contributed by atoms with Crippen LogP contribution in [0.3, 0.4) is 0 Å². The Morgan fingerprint density at radius 3 is 2.67 bits per heavy atom. The zero-order valence-corrected chi connectivity index (χ0v) is 6.62. The fourth-order valence-electron chi connectivity index (χ4n) is 0.341. The molecule has 1 atom stereocenters. The Bertz CT molecular complexity index is 85.9. The van der Waals surface area contributed by atoms with Gasteiger partial charge in [-0.3, -0.25) is 0 Å². The molecule has 0 bridgehead atoms. The maximum Gasteiger partial charge on any atom is 0.0842 e. The van der Waals surface area contributed by atoms with Gasteiger partial charge in [0.2, 0.25) is 0 Å². The molecule has 0 heterocycles. The van der Waals surface area contributed by atoms with Crippen molar-refractivity contribution in [1.29, 1.82) is 0 Å². The van der Waals surface area contributed by atoms with E-state index in [1.807, 2.05) is 0 Å². The highest BCUT2D eigenvalue weighted by molar-refractivity contribution is 7.80. The third-order valence-corrected chi connectivity index (χ3v) is 1.41. The summed E-state index contributed by atoms with van der Waals surface area (Å²) in [4.78, 5) is 0. The first kappa shape index (κ1) is 9.42. The number of hydrogen-bond donors (Lipinski definition) is 1. The predicted molar refractivity (Wildman–Crippen MR) is 38.0 cm³/mol. The molecule has 0 N–H and O–H groups in total. The fraction of sp³-hybridized carbons (Fsp3) is 1.00. The van der Waals surface area contributed by atoms with E-state index in [1.165, 1.54) is 0 Å². The van der Waals surface area contributed by atoms with Crippen LogP contribution in [0.15, 0.2) is 0 Å². The van der Waals surface area contributed by atoms with Crippen LogP contribution in [-0.2, 0) is 15.5 Å². The monoisotopic (exact) mass is 169 g/mol. The molecule has 0 amide bonds. The van der Waals surface area contributed by atoms with Crippen molar-refractivity contribution in [2.45, 2.75) is 12.8 Å². The van der Waals surface area contributed by atoms with Gasteiger partial charge in [0.05, 0.1) is 18.0 Å². The maximum absolute atomic E-state index is 9.72. The van der Waals surface area contributed by atoms with Crippen LogP contribution >= 0.6 is 12.6 Å². The van der Waals surface area contributed by atoms with E-state index >= 15 is 0 Å². The Labute approximate surface area is 62.7 Å². The van der Waals surface area contributed by atoms with Crippen LogP contribution in [0.5, 0.6) is 0 Å². The second-order valence-corrected chi connectivity index (χ2v) is 2.55. The van der Waals surface area contributed by atoms with Gasteiger partial charge < -0.3 is 8.74 Å². The summed E-state index contributed by atoms with van der Waals surface area (Å²) in [6, 6.07) is 0. The highest BCUT2D eigenvalue weighted by Gasteiger charge is 1.85. The van der Waals surface area contributed by atoms with Crippen molar-refractivity contribution in [2.24, 2.45) is 0 Å². The average molecular weight is 169 g/mol. The Balaban J connectivity index is 2.83. The molecule has 0 aromatic carbocycles. The summed E-state index contributed by atoms with van der Waals surface area (Å²) in [5, 5.41) is 0. The van der Waals surface area contributed by atoms with E-state index < -0.39 is 11.4 Å². The molecular formula is C4H9O3S2-. The van der Waals surface area contributed by atoms with Gasteiger partial charge in [0.15, 0.2) is 0 Å². The highest BCUT2D eigenvalue weighted by Crippen LogP contribution is 1.92. The van der Waals surface area contributed by atoms with Gasteiger partial charge in [-0.15, -0.1) is 0 Å². The highest BCUT2D eigenvalue weighted by atomic mass is 32.2. The molecule has 0 aliphatic rings. The molecule has 0 saturated carbocycles. The number of unbranched alkanes of at least 4 members (excludes halogenated alkanes) is 1. The molecule has 0 saturated heterocycles. The van der Waals surface area contributed by atoms with Gasteiger partial charge in [0.1, 0.15) is 0 Å². The van der Waals surface area contributed by atoms with Crippen LogP contribution in [-0.4, -0.2) is 21.1 Å². The molecule has 5 heteroatoms. The summed E-state index contributed by atoms with van der Waals surface area (Å²) in [6.07, 6.45) is 1.64. The van der Waals surface area contributed by atoms with Crippen molar-refractivity contribution in [3.63, 3.8) is 0 Å². The smallest absolute Gasteiger partial charge is 0.0842 e. The van der Waals surface area contributed by atoms with Gasteiger partial charge in [-0.25, -0.2) is 4.21 Å². The van der Waals surface area contributed by atoms with Crippen LogP contribution in [0.4, 0.5) is 0 Å². The minimum Gasteiger partial charge on any atom is -0.750 e. The molecule has 56 valence electrons. The number of hydrogen-bond acceptors (Lipinski definition) is 4. The molecule has 0 aliphatic carbocycles. The summed E-state index contributed by atoms with van der Waals surface area (Å²) >= 11 is 1.59. The first-order valence-electron chi connectivity index (χ1n) is 2.60. The Kier molecular flexibility index (Phi) is 6.84. The van der Waals surface area contributed by atoms with Crippen LogP contribution in [0.2, 0.25) is 0 Å². The SMILES string of the molecule is O=S([O-])OCCCCS. The third-order valence-electron chi connectivity index (χ3n) is 0.732. The van der Waals surface area contributed by atoms with Crippen LogP contribution in [0.1, 0.15) is 12.8 Å². The lowest BCUT2D eigenvalue weighted by molar-refractivity contribution is 0.295. The quantitative estimate of drug-likeness (QED) is 0.370. The molecule has 1 unspecified atom stereocenters. The van der Waals surface area contributed by atoms with E-state index in [0.29, 0.717) is 0 Å². The molecule has 0 spiro atoms. The van der Waals surface area contributed by atoms with Crippen molar-refractivity contribution >= 4 is 24.0 Å². The van der Waals surface area contributed by atoms with Gasteiger partial charge in [-0.1, -0.05) is 0 Å². The van der Waals surface area contributed by atoms with E-state index in [9.17, 15) is 8.76 Å². The third kappa shape index (κ3) is 8.42. The van der Waals surface area contributed by atoms with Gasteiger partial charge >= 0.3 is 0 Å². The van der Waals surface area contributed by atoms with Crippen LogP contribution in [0, 0.1) is 0 Å². The molecule has 0 aromatic rings. The number of thiol groups is 1. The first-order chi connectivity index (χ1) is 4.27. The van der Waals surface area contributed by atoms with E-state index in [1.54, 1.807) is 0 Å². The zero-order chi connectivity index (χ0) is 7.11. The lowest BCUT2D eigenvalue weighted by Crippen LogP contribution is -1.97. The maximum atomic E-state index is 9.72. The Morgan fingerprint density at radius 2 is 2.22 bits per heavy atom. The molecular weight excluding hydrogens is 160 g/mol. The Morgan fingerprint density at radius 1 is 1.56 bits per heavy atom. The summed E-state index contributed by atoms with van der Waals surface area (Å²) in [7, 11) is 0. The molecule has 0 radical (unpaired) electrons. The topological polar surface area (TPSA) is 49.4 Å². The van der Waals surface area contributed by atoms with Crippen LogP contribution < -0.4 is 0 Å². The summed E-state index contributed by atoms with van der Waals surface area (Å²) in [5.74, 6) is 0.773. The molecule has 0 aliphatic heterocycles. The number of rotatable bonds is 5. The van der Waals surface area contributed by atoms with Crippen molar-refractivity contribution in [3.8, 4) is 0 Å². The van der Waals surface area contributed by atoms with E-state index in [0.717, 1.165) is 18.6 Å². The molecule has 0 fully saturated rings. The van der Waals surface area contributed by atoms with Crippen molar-refractivity contribution in [1.82, 2.24) is 0 Å². The first-order valence-corrected chi connectivity index (χ1v) is 4.24. The lowest BCUT2D eigenvalue weighted by atomic mass is 10.4. The molecule has 3 nitrogen and oxygen atoms in total. The standard InChI is InChI=1S/C4H10O3S2/c5-9(6)7-3-1-2-4-8/h8H,1-4H2,(H,5,6)/p-1. The fourth-order valence-corrected chi connectivity index (χ4v) is 0.818. The lowest BCUT2D eigenvalue weighted by Gasteiger charge is -2.03. The molecule has 0 rings (SSSR count). The van der Waals surface area contributed by atoms with Gasteiger partial charge in [0.25, 0.3) is 0 Å². The Hall–Kier alpha value is 0.420. The normalized spacial score (nSPS) is 13.6.